The van der Waals surface area contributed by atoms with Crippen LogP contribution in [0.4, 0.5) is 0 Å². The van der Waals surface area contributed by atoms with Gasteiger partial charge in [-0.15, -0.1) is 0 Å². The zero-order chi connectivity index (χ0) is 10.1. The van der Waals surface area contributed by atoms with Crippen molar-refractivity contribution in [1.29, 1.82) is 0 Å². The fourth-order valence-electron chi connectivity index (χ4n) is 0.875. The van der Waals surface area contributed by atoms with Crippen LogP contribution in [0.2, 0.25) is 0 Å². The summed E-state index contributed by atoms with van der Waals surface area (Å²) in [6.07, 6.45) is 1.43. The van der Waals surface area contributed by atoms with E-state index in [2.05, 4.69) is 25.7 Å². The second-order valence-corrected chi connectivity index (χ2v) is 4.33. The number of alkyl halides is 1. The molecule has 1 aromatic rings. The third-order valence-electron chi connectivity index (χ3n) is 1.67. The molecule has 4 nitrogen and oxygen atoms in total. The molecule has 0 aliphatic carbocycles. The standard InChI is InChI=1S/C8H10BrNO3/c1-5-10-6(4-13-5)8(2,9)7(11)12-3/h4H,1-3H3/t8-/m0/s1. The summed E-state index contributed by atoms with van der Waals surface area (Å²) in [5.74, 6) is 0.116. The first-order valence-electron chi connectivity index (χ1n) is 3.68. The molecule has 0 aliphatic heterocycles. The first-order chi connectivity index (χ1) is 5.98. The van der Waals surface area contributed by atoms with Crippen LogP contribution in [0.15, 0.2) is 10.7 Å². The fraction of sp³-hybridized carbons (Fsp3) is 0.500. The van der Waals surface area contributed by atoms with Gasteiger partial charge in [-0.25, -0.2) is 4.98 Å². The van der Waals surface area contributed by atoms with Crippen LogP contribution in [-0.2, 0) is 13.9 Å². The average Bonchev–Trinajstić information content (AvgIpc) is 2.50. The summed E-state index contributed by atoms with van der Waals surface area (Å²) >= 11 is 3.23. The third kappa shape index (κ3) is 1.91. The Bertz CT molecular complexity index is 319. The molecule has 0 bridgehead atoms. The predicted octanol–water partition coefficient (Wildman–Crippen LogP) is 1.77. The predicted molar refractivity (Wildman–Crippen MR) is 49.5 cm³/mol. The van der Waals surface area contributed by atoms with E-state index in [0.717, 1.165) is 0 Å². The molecule has 0 aliphatic rings. The Morgan fingerprint density at radius 1 is 1.77 bits per heavy atom. The number of nitrogens with zero attached hydrogens (tertiary/aromatic N) is 1. The van der Waals surface area contributed by atoms with E-state index in [0.29, 0.717) is 11.6 Å². The molecule has 0 amide bonds. The number of carbonyl (C=O) groups excluding carboxylic acids is 1. The van der Waals surface area contributed by atoms with Crippen LogP contribution >= 0.6 is 15.9 Å². The summed E-state index contributed by atoms with van der Waals surface area (Å²) in [4.78, 5) is 15.3. The summed E-state index contributed by atoms with van der Waals surface area (Å²) in [5.41, 5.74) is 0.511. The summed E-state index contributed by atoms with van der Waals surface area (Å²) in [6.45, 7) is 3.37. The van der Waals surface area contributed by atoms with Crippen LogP contribution in [-0.4, -0.2) is 18.1 Å². The molecule has 0 N–H and O–H groups in total. The van der Waals surface area contributed by atoms with Crippen LogP contribution in [0, 0.1) is 6.92 Å². The lowest BCUT2D eigenvalue weighted by Crippen LogP contribution is -2.27. The molecule has 72 valence electrons. The molecule has 1 aromatic heterocycles. The van der Waals surface area contributed by atoms with Crippen LogP contribution < -0.4 is 0 Å². The van der Waals surface area contributed by atoms with Crippen LogP contribution in [0.25, 0.3) is 0 Å². The minimum Gasteiger partial charge on any atom is -0.468 e. The van der Waals surface area contributed by atoms with Gasteiger partial charge in [0.2, 0.25) is 0 Å². The van der Waals surface area contributed by atoms with E-state index in [1.165, 1.54) is 13.4 Å². The molecule has 0 unspecified atom stereocenters. The van der Waals surface area contributed by atoms with E-state index in [9.17, 15) is 4.79 Å². The number of oxazole rings is 1. The van der Waals surface area contributed by atoms with Crippen molar-refractivity contribution >= 4 is 21.9 Å². The topological polar surface area (TPSA) is 52.3 Å². The lowest BCUT2D eigenvalue weighted by Gasteiger charge is -2.15. The Kier molecular flexibility index (Phi) is 2.75. The molecule has 1 heterocycles. The van der Waals surface area contributed by atoms with Gasteiger partial charge in [-0.1, -0.05) is 15.9 Å². The molecule has 0 aromatic carbocycles. The molecule has 1 rings (SSSR count). The highest BCUT2D eigenvalue weighted by Crippen LogP contribution is 2.31. The van der Waals surface area contributed by atoms with Crippen molar-refractivity contribution in [3.05, 3.63) is 17.8 Å². The summed E-state index contributed by atoms with van der Waals surface area (Å²) in [5, 5.41) is 0. The maximum atomic E-state index is 11.3. The number of aromatic nitrogens is 1. The number of hydrogen-bond donors (Lipinski definition) is 0. The van der Waals surface area contributed by atoms with Crippen molar-refractivity contribution in [2.45, 2.75) is 18.2 Å². The number of methoxy groups -OCH3 is 1. The van der Waals surface area contributed by atoms with E-state index in [1.807, 2.05) is 0 Å². The Labute approximate surface area is 84.4 Å². The van der Waals surface area contributed by atoms with Crippen LogP contribution in [0.3, 0.4) is 0 Å². The Hall–Kier alpha value is -0.840. The first-order valence-corrected chi connectivity index (χ1v) is 4.47. The minimum atomic E-state index is -0.931. The summed E-state index contributed by atoms with van der Waals surface area (Å²) in [7, 11) is 1.33. The maximum absolute atomic E-state index is 11.3. The van der Waals surface area contributed by atoms with E-state index in [1.54, 1.807) is 13.8 Å². The fourth-order valence-corrected chi connectivity index (χ4v) is 1.22. The quantitative estimate of drug-likeness (QED) is 0.591. The number of esters is 1. The lowest BCUT2D eigenvalue weighted by molar-refractivity contribution is -0.143. The van der Waals surface area contributed by atoms with Crippen molar-refractivity contribution in [1.82, 2.24) is 4.98 Å². The van der Waals surface area contributed by atoms with Gasteiger partial charge >= 0.3 is 5.97 Å². The monoisotopic (exact) mass is 247 g/mol. The zero-order valence-corrected chi connectivity index (χ0v) is 9.21. The number of hydrogen-bond acceptors (Lipinski definition) is 4. The molecule has 0 radical (unpaired) electrons. The average molecular weight is 248 g/mol. The highest BCUT2D eigenvalue weighted by atomic mass is 79.9. The molecular weight excluding hydrogens is 238 g/mol. The van der Waals surface area contributed by atoms with E-state index in [-0.39, 0.29) is 0 Å². The maximum Gasteiger partial charge on any atom is 0.328 e. The lowest BCUT2D eigenvalue weighted by atomic mass is 10.1. The van der Waals surface area contributed by atoms with Gasteiger partial charge in [0.15, 0.2) is 10.2 Å². The van der Waals surface area contributed by atoms with Gasteiger partial charge in [-0.3, -0.25) is 4.79 Å². The Morgan fingerprint density at radius 2 is 2.38 bits per heavy atom. The van der Waals surface area contributed by atoms with Crippen molar-refractivity contribution in [2.75, 3.05) is 7.11 Å². The molecule has 13 heavy (non-hydrogen) atoms. The van der Waals surface area contributed by atoms with Crippen molar-refractivity contribution < 1.29 is 13.9 Å². The summed E-state index contributed by atoms with van der Waals surface area (Å²) < 4.78 is 8.68. The number of halogens is 1. The molecule has 0 saturated heterocycles. The first kappa shape index (κ1) is 10.2. The minimum absolute atomic E-state index is 0.402. The van der Waals surface area contributed by atoms with Crippen LogP contribution in [0.5, 0.6) is 0 Å². The summed E-state index contributed by atoms with van der Waals surface area (Å²) in [6, 6.07) is 0. The van der Waals surface area contributed by atoms with E-state index in [4.69, 9.17) is 4.42 Å². The van der Waals surface area contributed by atoms with E-state index >= 15 is 0 Å². The molecular formula is C8H10BrNO3. The molecule has 1 atom stereocenters. The Morgan fingerprint density at radius 3 is 2.77 bits per heavy atom. The van der Waals surface area contributed by atoms with Crippen LogP contribution in [0.1, 0.15) is 18.5 Å². The molecule has 0 saturated carbocycles. The van der Waals surface area contributed by atoms with E-state index < -0.39 is 10.3 Å². The van der Waals surface area contributed by atoms with Gasteiger partial charge in [0, 0.05) is 6.92 Å². The van der Waals surface area contributed by atoms with Gasteiger partial charge in [0.1, 0.15) is 12.0 Å². The van der Waals surface area contributed by atoms with Crippen molar-refractivity contribution in [3.63, 3.8) is 0 Å². The number of rotatable bonds is 2. The SMILES string of the molecule is COC(=O)[C@@](C)(Br)c1coc(C)n1. The van der Waals surface area contributed by atoms with Crippen molar-refractivity contribution in [3.8, 4) is 0 Å². The van der Waals surface area contributed by atoms with Gasteiger partial charge < -0.3 is 9.15 Å². The second kappa shape index (κ2) is 3.49. The van der Waals surface area contributed by atoms with Gasteiger partial charge in [0.05, 0.1) is 7.11 Å². The third-order valence-corrected chi connectivity index (χ3v) is 2.40. The Balaban J connectivity index is 2.99. The number of carbonyl (C=O) groups is 1. The number of aryl methyl sites for hydroxylation is 1. The zero-order valence-electron chi connectivity index (χ0n) is 7.63. The van der Waals surface area contributed by atoms with Gasteiger partial charge in [-0.2, -0.15) is 0 Å². The van der Waals surface area contributed by atoms with Crippen molar-refractivity contribution in [2.24, 2.45) is 0 Å². The highest BCUT2D eigenvalue weighted by Gasteiger charge is 2.36. The van der Waals surface area contributed by atoms with Gasteiger partial charge in [0.25, 0.3) is 0 Å². The smallest absolute Gasteiger partial charge is 0.328 e. The van der Waals surface area contributed by atoms with Gasteiger partial charge in [-0.05, 0) is 6.92 Å². The number of ether oxygens (including phenoxy) is 1. The molecule has 5 heteroatoms. The highest BCUT2D eigenvalue weighted by molar-refractivity contribution is 9.10. The second-order valence-electron chi connectivity index (χ2n) is 2.75. The normalized spacial score (nSPS) is 15.1. The largest absolute Gasteiger partial charge is 0.468 e. The molecule has 0 fully saturated rings. The molecule has 0 spiro atoms.